The zero-order valence-electron chi connectivity index (χ0n) is 12.9. The van der Waals surface area contributed by atoms with Gasteiger partial charge < -0.3 is 5.32 Å². The monoisotopic (exact) mass is 273 g/mol. The van der Waals surface area contributed by atoms with E-state index in [1.54, 1.807) is 12.2 Å². The molecule has 2 nitrogen and oxygen atoms in total. The van der Waals surface area contributed by atoms with Crippen LogP contribution < -0.4 is 5.32 Å². The summed E-state index contributed by atoms with van der Waals surface area (Å²) in [5.41, 5.74) is 0. The second-order valence-electron chi connectivity index (χ2n) is 4.52. The van der Waals surface area contributed by atoms with Gasteiger partial charge in [0.25, 0.3) is 0 Å². The largest absolute Gasteiger partial charge is 0.350 e. The quantitative estimate of drug-likeness (QED) is 0.374. The fourth-order valence-electron chi connectivity index (χ4n) is 1.32. The summed E-state index contributed by atoms with van der Waals surface area (Å²) in [6, 6.07) is 0.233. The summed E-state index contributed by atoms with van der Waals surface area (Å²) in [6.07, 6.45) is 22.5. The highest BCUT2D eigenvalue weighted by molar-refractivity contribution is 5.87. The molecule has 2 heteroatoms. The number of unbranched alkanes of at least 4 members (excludes halogenated alkanes) is 1. The molecule has 110 valence electrons. The van der Waals surface area contributed by atoms with E-state index in [0.29, 0.717) is 0 Å². The van der Waals surface area contributed by atoms with Gasteiger partial charge in [0, 0.05) is 12.1 Å². The van der Waals surface area contributed by atoms with Crippen LogP contribution in [0.1, 0.15) is 40.0 Å². The number of carbonyl (C=O) groups is 1. The molecule has 20 heavy (non-hydrogen) atoms. The third kappa shape index (κ3) is 12.6. The third-order valence-electron chi connectivity index (χ3n) is 2.66. The standard InChI is InChI=1S/C18H27NO/c1-4-6-7-8-9-10-11-12-13-14-15-16-18(20)19-17(3)5-2/h4,6-10,13-17H,5,11-12H2,1-3H3,(H,19,20). The predicted molar refractivity (Wildman–Crippen MR) is 88.5 cm³/mol. The second-order valence-corrected chi connectivity index (χ2v) is 4.52. The van der Waals surface area contributed by atoms with Gasteiger partial charge in [-0.3, -0.25) is 4.79 Å². The Balaban J connectivity index is 3.73. The van der Waals surface area contributed by atoms with Crippen molar-refractivity contribution in [2.45, 2.75) is 46.1 Å². The number of hydrogen-bond donors (Lipinski definition) is 1. The van der Waals surface area contributed by atoms with Gasteiger partial charge in [0.2, 0.25) is 5.91 Å². The molecule has 1 atom stereocenters. The Labute approximate surface area is 123 Å². The van der Waals surface area contributed by atoms with Gasteiger partial charge in [-0.05, 0) is 33.1 Å². The van der Waals surface area contributed by atoms with Crippen LogP contribution in [0.15, 0.2) is 60.8 Å². The van der Waals surface area contributed by atoms with Crippen LogP contribution in [0.3, 0.4) is 0 Å². The number of amides is 1. The van der Waals surface area contributed by atoms with Crippen molar-refractivity contribution in [3.05, 3.63) is 60.8 Å². The Kier molecular flexibility index (Phi) is 12.4. The van der Waals surface area contributed by atoms with Crippen molar-refractivity contribution < 1.29 is 4.79 Å². The van der Waals surface area contributed by atoms with E-state index in [1.165, 1.54) is 0 Å². The van der Waals surface area contributed by atoms with Crippen LogP contribution in [-0.2, 0) is 4.79 Å². The fourth-order valence-corrected chi connectivity index (χ4v) is 1.32. The molecule has 0 aromatic heterocycles. The van der Waals surface area contributed by atoms with Gasteiger partial charge in [0.1, 0.15) is 0 Å². The summed E-state index contributed by atoms with van der Waals surface area (Å²) in [5.74, 6) is -0.0296. The molecule has 0 saturated carbocycles. The minimum absolute atomic E-state index is 0.0296. The molecule has 0 rings (SSSR count). The third-order valence-corrected chi connectivity index (χ3v) is 2.66. The van der Waals surface area contributed by atoms with Gasteiger partial charge in [-0.15, -0.1) is 0 Å². The van der Waals surface area contributed by atoms with Gasteiger partial charge in [-0.1, -0.05) is 61.6 Å². The summed E-state index contributed by atoms with van der Waals surface area (Å²) < 4.78 is 0. The topological polar surface area (TPSA) is 29.1 Å². The smallest absolute Gasteiger partial charge is 0.244 e. The zero-order chi connectivity index (χ0) is 15.1. The van der Waals surface area contributed by atoms with Crippen molar-refractivity contribution in [2.75, 3.05) is 0 Å². The molecule has 0 aliphatic carbocycles. The summed E-state index contributed by atoms with van der Waals surface area (Å²) >= 11 is 0. The van der Waals surface area contributed by atoms with Crippen molar-refractivity contribution >= 4 is 5.91 Å². The lowest BCUT2D eigenvalue weighted by Gasteiger charge is -2.07. The average Bonchev–Trinajstić information content (AvgIpc) is 2.44. The molecule has 1 N–H and O–H groups in total. The van der Waals surface area contributed by atoms with Crippen LogP contribution in [0, 0.1) is 0 Å². The van der Waals surface area contributed by atoms with E-state index in [4.69, 9.17) is 0 Å². The minimum Gasteiger partial charge on any atom is -0.350 e. The normalized spacial score (nSPS) is 14.3. The maximum absolute atomic E-state index is 11.4. The van der Waals surface area contributed by atoms with Gasteiger partial charge in [0.05, 0.1) is 0 Å². The number of allylic oxidation sites excluding steroid dienone is 9. The first-order chi connectivity index (χ1) is 9.70. The average molecular weight is 273 g/mol. The molecule has 0 aliphatic heterocycles. The lowest BCUT2D eigenvalue weighted by atomic mass is 10.2. The number of carbonyl (C=O) groups excluding carboxylic acids is 1. The second kappa shape index (κ2) is 13.6. The van der Waals surface area contributed by atoms with Crippen molar-refractivity contribution in [3.63, 3.8) is 0 Å². The predicted octanol–water partition coefficient (Wildman–Crippen LogP) is 4.48. The summed E-state index contributed by atoms with van der Waals surface area (Å²) in [7, 11) is 0. The van der Waals surface area contributed by atoms with Crippen LogP contribution in [0.2, 0.25) is 0 Å². The Bertz CT molecular complexity index is 386. The number of nitrogens with one attached hydrogen (secondary N) is 1. The number of hydrogen-bond acceptors (Lipinski definition) is 1. The molecule has 0 spiro atoms. The first-order valence-corrected chi connectivity index (χ1v) is 7.28. The first-order valence-electron chi connectivity index (χ1n) is 7.28. The molecule has 0 aromatic rings. The molecular formula is C18H27NO. The Morgan fingerprint density at radius 1 is 1.00 bits per heavy atom. The van der Waals surface area contributed by atoms with Crippen LogP contribution >= 0.6 is 0 Å². The molecule has 0 saturated heterocycles. The van der Waals surface area contributed by atoms with Crippen LogP contribution in [0.25, 0.3) is 0 Å². The number of rotatable bonds is 9. The molecule has 1 unspecified atom stereocenters. The van der Waals surface area contributed by atoms with Crippen molar-refractivity contribution in [1.29, 1.82) is 0 Å². The highest BCUT2D eigenvalue weighted by Crippen LogP contribution is 1.94. The van der Waals surface area contributed by atoms with Gasteiger partial charge in [-0.2, -0.15) is 0 Å². The van der Waals surface area contributed by atoms with Gasteiger partial charge in [0.15, 0.2) is 0 Å². The SMILES string of the molecule is CC=CC=CC=CCCC=CC=CC(=O)NC(C)CC. The lowest BCUT2D eigenvalue weighted by molar-refractivity contribution is -0.117. The van der Waals surface area contributed by atoms with E-state index < -0.39 is 0 Å². The van der Waals surface area contributed by atoms with E-state index in [0.717, 1.165) is 19.3 Å². The zero-order valence-corrected chi connectivity index (χ0v) is 12.9. The molecule has 0 bridgehead atoms. The van der Waals surface area contributed by atoms with E-state index in [-0.39, 0.29) is 11.9 Å². The van der Waals surface area contributed by atoms with Gasteiger partial charge >= 0.3 is 0 Å². The molecule has 0 heterocycles. The minimum atomic E-state index is -0.0296. The van der Waals surface area contributed by atoms with Crippen LogP contribution in [-0.4, -0.2) is 11.9 Å². The molecule has 0 fully saturated rings. The summed E-state index contributed by atoms with van der Waals surface area (Å²) in [6.45, 7) is 6.05. The molecule has 0 aromatic carbocycles. The lowest BCUT2D eigenvalue weighted by Crippen LogP contribution is -2.30. The molecule has 1 amide bonds. The van der Waals surface area contributed by atoms with E-state index in [2.05, 4.69) is 24.4 Å². The maximum atomic E-state index is 11.4. The van der Waals surface area contributed by atoms with Crippen molar-refractivity contribution in [3.8, 4) is 0 Å². The van der Waals surface area contributed by atoms with E-state index in [9.17, 15) is 4.79 Å². The highest BCUT2D eigenvalue weighted by atomic mass is 16.1. The highest BCUT2D eigenvalue weighted by Gasteiger charge is 1.99. The van der Waals surface area contributed by atoms with E-state index >= 15 is 0 Å². The summed E-state index contributed by atoms with van der Waals surface area (Å²) in [5, 5.41) is 2.88. The van der Waals surface area contributed by atoms with Crippen molar-refractivity contribution in [1.82, 2.24) is 5.32 Å². The first kappa shape index (κ1) is 18.2. The Hall–Kier alpha value is -1.83. The maximum Gasteiger partial charge on any atom is 0.244 e. The van der Waals surface area contributed by atoms with Crippen LogP contribution in [0.4, 0.5) is 0 Å². The Morgan fingerprint density at radius 2 is 1.60 bits per heavy atom. The molecule has 0 radical (unpaired) electrons. The Morgan fingerprint density at radius 3 is 2.20 bits per heavy atom. The summed E-state index contributed by atoms with van der Waals surface area (Å²) in [4.78, 5) is 11.4. The molecule has 0 aliphatic rings. The van der Waals surface area contributed by atoms with E-state index in [1.807, 2.05) is 50.3 Å². The van der Waals surface area contributed by atoms with Gasteiger partial charge in [-0.25, -0.2) is 0 Å². The van der Waals surface area contributed by atoms with Crippen LogP contribution in [0.5, 0.6) is 0 Å². The molecular weight excluding hydrogens is 246 g/mol. The fraction of sp³-hybridized carbons (Fsp3) is 0.389. The van der Waals surface area contributed by atoms with Crippen molar-refractivity contribution in [2.24, 2.45) is 0 Å².